The van der Waals surface area contributed by atoms with Gasteiger partial charge in [0.2, 0.25) is 5.91 Å². The molecule has 8 nitrogen and oxygen atoms in total. The summed E-state index contributed by atoms with van der Waals surface area (Å²) in [6.07, 6.45) is 19.0. The van der Waals surface area contributed by atoms with Crippen molar-refractivity contribution in [3.63, 3.8) is 0 Å². The van der Waals surface area contributed by atoms with Crippen LogP contribution in [0.4, 0.5) is 0 Å². The fourth-order valence-electron chi connectivity index (χ4n) is 6.46. The Labute approximate surface area is 299 Å². The molecule has 2 fully saturated rings. The molecule has 1 saturated carbocycles. The molecule has 1 aliphatic carbocycles. The van der Waals surface area contributed by atoms with Crippen LogP contribution in [0.5, 0.6) is 0 Å². The van der Waals surface area contributed by atoms with Gasteiger partial charge in [-0.25, -0.2) is 4.98 Å². The Hall–Kier alpha value is -3.16. The van der Waals surface area contributed by atoms with Crippen LogP contribution in [0.2, 0.25) is 0 Å². The molecule has 0 aromatic carbocycles. The highest BCUT2D eigenvalue weighted by atomic mass is 16.1. The molecule has 1 saturated heterocycles. The highest BCUT2D eigenvalue weighted by Crippen LogP contribution is 2.37. The van der Waals surface area contributed by atoms with Crippen LogP contribution < -0.4 is 10.6 Å². The van der Waals surface area contributed by atoms with Gasteiger partial charge in [0.15, 0.2) is 0 Å². The number of unbranched alkanes of at least 4 members (excludes halogenated alkanes) is 1. The second-order valence-corrected chi connectivity index (χ2v) is 14.4. The largest absolute Gasteiger partial charge is 0.375 e. The maximum absolute atomic E-state index is 10.5. The minimum Gasteiger partial charge on any atom is -0.375 e. The van der Waals surface area contributed by atoms with Crippen molar-refractivity contribution in [2.75, 3.05) is 6.54 Å². The number of rotatable bonds is 17. The highest BCUT2D eigenvalue weighted by Gasteiger charge is 2.25. The van der Waals surface area contributed by atoms with E-state index < -0.39 is 0 Å². The molecule has 4 rings (SSSR count). The summed E-state index contributed by atoms with van der Waals surface area (Å²) in [5.41, 5.74) is 8.71. The Morgan fingerprint density at radius 2 is 1.80 bits per heavy atom. The maximum atomic E-state index is 10.5. The van der Waals surface area contributed by atoms with E-state index in [9.17, 15) is 4.79 Å². The minimum atomic E-state index is 0.211. The number of imidazole rings is 1. The number of piperidine rings is 1. The van der Waals surface area contributed by atoms with Crippen LogP contribution in [0.3, 0.4) is 0 Å². The SMILES string of the molecule is CC1CCC(=O)NC1.CCC(C)CCCC(NC(=C1CC1)c1ccnn1CC)c1cnc(C)[nH]1.CCCCC(CC)C(C(C)=N)=C(C)CC. The van der Waals surface area contributed by atoms with E-state index in [1.165, 1.54) is 91.6 Å². The number of carbonyl (C=O) groups is 1. The van der Waals surface area contributed by atoms with Gasteiger partial charge in [0.05, 0.1) is 29.3 Å². The molecule has 49 heavy (non-hydrogen) atoms. The molecule has 2 aromatic rings. The summed E-state index contributed by atoms with van der Waals surface area (Å²) in [5, 5.41) is 19.0. The number of aryl methyl sites for hydroxylation is 2. The number of aromatic amines is 1. The number of nitrogens with one attached hydrogen (secondary N) is 4. The van der Waals surface area contributed by atoms with E-state index in [0.717, 1.165) is 56.2 Å². The Bertz CT molecular complexity index is 1320. The van der Waals surface area contributed by atoms with Crippen LogP contribution in [0.1, 0.15) is 169 Å². The van der Waals surface area contributed by atoms with Gasteiger partial charge < -0.3 is 21.0 Å². The number of hydrogen-bond acceptors (Lipinski definition) is 5. The Kier molecular flexibility index (Phi) is 19.3. The van der Waals surface area contributed by atoms with Crippen LogP contribution in [0, 0.1) is 30.1 Å². The molecule has 3 heterocycles. The van der Waals surface area contributed by atoms with Crippen molar-refractivity contribution < 1.29 is 4.79 Å². The maximum Gasteiger partial charge on any atom is 0.220 e. The van der Waals surface area contributed by atoms with Crippen molar-refractivity contribution in [2.45, 2.75) is 165 Å². The van der Waals surface area contributed by atoms with Crippen LogP contribution >= 0.6 is 0 Å². The molecular formula is C41H71N7O. The van der Waals surface area contributed by atoms with Crippen LogP contribution in [0.25, 0.3) is 5.70 Å². The lowest BCUT2D eigenvalue weighted by Crippen LogP contribution is -2.33. The van der Waals surface area contributed by atoms with Gasteiger partial charge in [-0.2, -0.15) is 5.10 Å². The lowest BCUT2D eigenvalue weighted by molar-refractivity contribution is -0.122. The number of aromatic nitrogens is 4. The standard InChI is InChI=1S/C21H33N5.C14H27N.C6H11NO/c1-5-15(3)8-7-9-18(19-14-22-16(4)24-19)25-21(17-10-11-17)20-12-13-23-26(20)6-2;1-6-9-10-13(8-3)14(12(5)15)11(4)7-2;1-5-2-3-6(8)7-4-5/h12-15,18,25H,5-11H2,1-4H3,(H,22,24);13,15H,6-10H2,1-5H3;5H,2-4H2,1H3,(H,7,8). The highest BCUT2D eigenvalue weighted by molar-refractivity contribution is 5.96. The summed E-state index contributed by atoms with van der Waals surface area (Å²) in [7, 11) is 0. The van der Waals surface area contributed by atoms with Gasteiger partial charge in [-0.05, 0) is 108 Å². The molecule has 0 spiro atoms. The molecule has 2 aromatic heterocycles. The number of carbonyl (C=O) groups excluding carboxylic acids is 1. The quantitative estimate of drug-likeness (QED) is 0.125. The number of nitrogens with zero attached hydrogens (tertiary/aromatic N) is 3. The molecule has 0 bridgehead atoms. The van der Waals surface area contributed by atoms with Gasteiger partial charge in [0.25, 0.3) is 0 Å². The van der Waals surface area contributed by atoms with E-state index >= 15 is 0 Å². The van der Waals surface area contributed by atoms with Crippen LogP contribution in [0.15, 0.2) is 35.2 Å². The first-order valence-electron chi connectivity index (χ1n) is 19.5. The summed E-state index contributed by atoms with van der Waals surface area (Å²) in [4.78, 5) is 18.4. The second-order valence-electron chi connectivity index (χ2n) is 14.4. The van der Waals surface area contributed by atoms with E-state index in [1.54, 1.807) is 0 Å². The molecule has 1 amide bonds. The van der Waals surface area contributed by atoms with E-state index in [1.807, 2.05) is 26.2 Å². The molecule has 4 atom stereocenters. The van der Waals surface area contributed by atoms with Gasteiger partial charge >= 0.3 is 0 Å². The fourth-order valence-corrected chi connectivity index (χ4v) is 6.46. The first kappa shape index (κ1) is 42.0. The summed E-state index contributed by atoms with van der Waals surface area (Å²) in [5.74, 6) is 3.29. The monoisotopic (exact) mass is 678 g/mol. The molecule has 1 aliphatic heterocycles. The molecule has 0 radical (unpaired) electrons. The van der Waals surface area contributed by atoms with Gasteiger partial charge in [-0.15, -0.1) is 0 Å². The smallest absolute Gasteiger partial charge is 0.220 e. The molecular weight excluding hydrogens is 606 g/mol. The predicted molar refractivity (Wildman–Crippen MR) is 208 cm³/mol. The summed E-state index contributed by atoms with van der Waals surface area (Å²) in [6, 6.07) is 2.40. The number of allylic oxidation sites excluding steroid dienone is 3. The zero-order chi connectivity index (χ0) is 36.3. The first-order valence-corrected chi connectivity index (χ1v) is 19.5. The average Bonchev–Trinajstić information content (AvgIpc) is 3.67. The summed E-state index contributed by atoms with van der Waals surface area (Å²) in [6.45, 7) is 23.5. The fraction of sp³-hybridized carbons (Fsp3) is 0.707. The van der Waals surface area contributed by atoms with Gasteiger partial charge in [0, 0.05) is 31.4 Å². The number of H-pyrrole nitrogens is 1. The van der Waals surface area contributed by atoms with E-state index in [0.29, 0.717) is 11.8 Å². The van der Waals surface area contributed by atoms with Crippen molar-refractivity contribution in [1.82, 2.24) is 30.4 Å². The van der Waals surface area contributed by atoms with Crippen molar-refractivity contribution in [3.05, 3.63) is 52.4 Å². The van der Waals surface area contributed by atoms with Crippen molar-refractivity contribution in [1.29, 1.82) is 5.41 Å². The predicted octanol–water partition coefficient (Wildman–Crippen LogP) is 10.5. The van der Waals surface area contributed by atoms with Gasteiger partial charge in [-0.1, -0.05) is 79.2 Å². The summed E-state index contributed by atoms with van der Waals surface area (Å²) < 4.78 is 2.09. The van der Waals surface area contributed by atoms with Crippen LogP contribution in [-0.4, -0.2) is 37.9 Å². The second kappa shape index (κ2) is 22.5. The molecule has 4 N–H and O–H groups in total. The Morgan fingerprint density at radius 3 is 2.29 bits per heavy atom. The van der Waals surface area contributed by atoms with Crippen molar-refractivity contribution in [3.8, 4) is 0 Å². The molecule has 8 heteroatoms. The zero-order valence-electron chi connectivity index (χ0n) is 32.9. The number of amides is 1. The normalized spacial score (nSPS) is 17.7. The Morgan fingerprint density at radius 1 is 1.06 bits per heavy atom. The third-order valence-corrected chi connectivity index (χ3v) is 10.1. The zero-order valence-corrected chi connectivity index (χ0v) is 32.9. The van der Waals surface area contributed by atoms with Gasteiger partial charge in [-0.3, -0.25) is 9.48 Å². The molecule has 4 unspecified atom stereocenters. The van der Waals surface area contributed by atoms with Crippen molar-refractivity contribution in [2.24, 2.45) is 17.8 Å². The van der Waals surface area contributed by atoms with E-state index in [4.69, 9.17) is 5.41 Å². The third-order valence-electron chi connectivity index (χ3n) is 10.1. The molecule has 2 aliphatic rings. The van der Waals surface area contributed by atoms with Crippen molar-refractivity contribution >= 4 is 17.3 Å². The van der Waals surface area contributed by atoms with Gasteiger partial charge in [0.1, 0.15) is 5.82 Å². The topological polar surface area (TPSA) is 111 Å². The lowest BCUT2D eigenvalue weighted by Gasteiger charge is -2.22. The van der Waals surface area contributed by atoms with E-state index in [2.05, 4.69) is 91.8 Å². The average molecular weight is 678 g/mol. The lowest BCUT2D eigenvalue weighted by atomic mass is 9.85. The number of hydrogen-bond donors (Lipinski definition) is 4. The minimum absolute atomic E-state index is 0.211. The summed E-state index contributed by atoms with van der Waals surface area (Å²) >= 11 is 0. The third kappa shape index (κ3) is 14.7. The van der Waals surface area contributed by atoms with E-state index in [-0.39, 0.29) is 11.9 Å². The van der Waals surface area contributed by atoms with Crippen LogP contribution in [-0.2, 0) is 11.3 Å². The Balaban J connectivity index is 0.000000304. The molecule has 276 valence electrons. The first-order chi connectivity index (χ1) is 23.5.